The quantitative estimate of drug-likeness (QED) is 0.912. The van der Waals surface area contributed by atoms with Crippen molar-refractivity contribution in [2.75, 3.05) is 0 Å². The van der Waals surface area contributed by atoms with Crippen LogP contribution in [0.1, 0.15) is 30.0 Å². The maximum Gasteiger partial charge on any atom is 0.214 e. The van der Waals surface area contributed by atoms with E-state index >= 15 is 0 Å². The Balaban J connectivity index is 1.83. The first kappa shape index (κ1) is 11.7. The van der Waals surface area contributed by atoms with E-state index in [2.05, 4.69) is 21.6 Å². The molecule has 0 amide bonds. The van der Waals surface area contributed by atoms with Crippen molar-refractivity contribution in [2.24, 2.45) is 0 Å². The van der Waals surface area contributed by atoms with Crippen molar-refractivity contribution >= 4 is 11.8 Å². The first-order valence-corrected chi connectivity index (χ1v) is 6.75. The molecular formula is C12H14N4OS. The molecule has 1 aliphatic rings. The summed E-state index contributed by atoms with van der Waals surface area (Å²) in [4.78, 5) is 1.10. The summed E-state index contributed by atoms with van der Waals surface area (Å²) in [5, 5.41) is 21.8. The fourth-order valence-corrected chi connectivity index (χ4v) is 2.75. The number of hydrogen-bond donors (Lipinski definition) is 1. The summed E-state index contributed by atoms with van der Waals surface area (Å²) in [7, 11) is 0. The molecule has 1 fully saturated rings. The summed E-state index contributed by atoms with van der Waals surface area (Å²) < 4.78 is 1.90. The van der Waals surface area contributed by atoms with E-state index in [4.69, 9.17) is 5.11 Å². The zero-order valence-corrected chi connectivity index (χ0v) is 10.9. The van der Waals surface area contributed by atoms with Crippen LogP contribution in [0, 0.1) is 6.92 Å². The average Bonchev–Trinajstić information content (AvgIpc) is 3.11. The van der Waals surface area contributed by atoms with E-state index < -0.39 is 0 Å². The van der Waals surface area contributed by atoms with Gasteiger partial charge in [0.2, 0.25) is 5.16 Å². The van der Waals surface area contributed by atoms with Gasteiger partial charge in [0.15, 0.2) is 0 Å². The molecule has 0 aliphatic heterocycles. The largest absolute Gasteiger partial charge is 0.392 e. The van der Waals surface area contributed by atoms with E-state index in [0.717, 1.165) is 21.2 Å². The molecule has 0 atom stereocenters. The Bertz CT molecular complexity index is 565. The van der Waals surface area contributed by atoms with Crippen molar-refractivity contribution in [1.82, 2.24) is 20.2 Å². The minimum atomic E-state index is 0.0800. The lowest BCUT2D eigenvalue weighted by Gasteiger charge is -2.06. The van der Waals surface area contributed by atoms with E-state index in [-0.39, 0.29) is 6.61 Å². The first-order chi connectivity index (χ1) is 8.78. The van der Waals surface area contributed by atoms with Crippen molar-refractivity contribution in [3.63, 3.8) is 0 Å². The molecular weight excluding hydrogens is 248 g/mol. The van der Waals surface area contributed by atoms with Gasteiger partial charge in [0.1, 0.15) is 0 Å². The van der Waals surface area contributed by atoms with Gasteiger partial charge in [0.05, 0.1) is 12.6 Å². The predicted octanol–water partition coefficient (Wildman–Crippen LogP) is 1.96. The number of nitrogens with zero attached hydrogens (tertiary/aromatic N) is 4. The highest BCUT2D eigenvalue weighted by molar-refractivity contribution is 7.99. The topological polar surface area (TPSA) is 63.8 Å². The zero-order valence-electron chi connectivity index (χ0n) is 10.1. The van der Waals surface area contributed by atoms with Gasteiger partial charge in [-0.05, 0) is 65.2 Å². The molecule has 3 rings (SSSR count). The lowest BCUT2D eigenvalue weighted by atomic mass is 10.1. The molecule has 0 unspecified atom stereocenters. The van der Waals surface area contributed by atoms with Gasteiger partial charge in [-0.3, -0.25) is 0 Å². The number of aliphatic hydroxyl groups is 1. The number of aryl methyl sites for hydroxylation is 1. The highest BCUT2D eigenvalue weighted by Gasteiger charge is 2.28. The van der Waals surface area contributed by atoms with Gasteiger partial charge in [-0.2, -0.15) is 0 Å². The molecule has 1 aliphatic carbocycles. The van der Waals surface area contributed by atoms with E-state index in [0.29, 0.717) is 6.04 Å². The monoisotopic (exact) mass is 262 g/mol. The fourth-order valence-electron chi connectivity index (χ4n) is 1.82. The van der Waals surface area contributed by atoms with Crippen LogP contribution < -0.4 is 0 Å². The van der Waals surface area contributed by atoms with Gasteiger partial charge >= 0.3 is 0 Å². The molecule has 1 aromatic heterocycles. The van der Waals surface area contributed by atoms with Crippen LogP contribution >= 0.6 is 11.8 Å². The number of hydrogen-bond acceptors (Lipinski definition) is 5. The number of rotatable bonds is 4. The summed E-state index contributed by atoms with van der Waals surface area (Å²) in [6, 6.07) is 6.49. The normalized spacial score (nSPS) is 15.0. The van der Waals surface area contributed by atoms with Gasteiger partial charge in [0, 0.05) is 4.90 Å². The standard InChI is InChI=1S/C12H14N4OS/c1-8-6-11(5-2-9(8)7-17)18-12-13-14-15-16(12)10-3-4-10/h2,5-6,10,17H,3-4,7H2,1H3. The maximum absolute atomic E-state index is 9.15. The number of tetrazole rings is 1. The highest BCUT2D eigenvalue weighted by atomic mass is 32.2. The second-order valence-electron chi connectivity index (χ2n) is 4.49. The van der Waals surface area contributed by atoms with Crippen LogP contribution in [0.3, 0.4) is 0 Å². The lowest BCUT2D eigenvalue weighted by molar-refractivity contribution is 0.281. The van der Waals surface area contributed by atoms with E-state index in [9.17, 15) is 0 Å². The molecule has 18 heavy (non-hydrogen) atoms. The van der Waals surface area contributed by atoms with Crippen LogP contribution in [0.2, 0.25) is 0 Å². The van der Waals surface area contributed by atoms with Crippen molar-refractivity contribution in [2.45, 2.75) is 42.5 Å². The Morgan fingerprint density at radius 1 is 1.44 bits per heavy atom. The van der Waals surface area contributed by atoms with Crippen LogP contribution in [-0.4, -0.2) is 25.3 Å². The Kier molecular flexibility index (Phi) is 3.05. The molecule has 6 heteroatoms. The van der Waals surface area contributed by atoms with Gasteiger partial charge in [-0.15, -0.1) is 5.10 Å². The van der Waals surface area contributed by atoms with Crippen LogP contribution in [0.25, 0.3) is 0 Å². The minimum Gasteiger partial charge on any atom is -0.392 e. The Morgan fingerprint density at radius 3 is 2.94 bits per heavy atom. The Hall–Kier alpha value is -1.40. The van der Waals surface area contributed by atoms with E-state index in [1.165, 1.54) is 12.8 Å². The Labute approximate surface area is 109 Å². The first-order valence-electron chi connectivity index (χ1n) is 5.94. The SMILES string of the molecule is Cc1cc(Sc2nnnn2C2CC2)ccc1CO. The summed E-state index contributed by atoms with van der Waals surface area (Å²) in [6.07, 6.45) is 2.34. The van der Waals surface area contributed by atoms with Gasteiger partial charge in [-0.1, -0.05) is 6.07 Å². The minimum absolute atomic E-state index is 0.0800. The van der Waals surface area contributed by atoms with Crippen LogP contribution in [0.15, 0.2) is 28.3 Å². The van der Waals surface area contributed by atoms with Crippen LogP contribution in [0.4, 0.5) is 0 Å². The maximum atomic E-state index is 9.15. The molecule has 0 spiro atoms. The number of aromatic nitrogens is 4. The van der Waals surface area contributed by atoms with Crippen LogP contribution in [-0.2, 0) is 6.61 Å². The molecule has 0 saturated heterocycles. The van der Waals surface area contributed by atoms with E-state index in [1.807, 2.05) is 23.7 Å². The van der Waals surface area contributed by atoms with E-state index in [1.54, 1.807) is 11.8 Å². The van der Waals surface area contributed by atoms with Crippen molar-refractivity contribution in [1.29, 1.82) is 0 Å². The van der Waals surface area contributed by atoms with Gasteiger partial charge in [0.25, 0.3) is 0 Å². The second kappa shape index (κ2) is 4.70. The smallest absolute Gasteiger partial charge is 0.214 e. The molecule has 94 valence electrons. The summed E-state index contributed by atoms with van der Waals surface area (Å²) >= 11 is 1.57. The molecule has 1 N–H and O–H groups in total. The zero-order chi connectivity index (χ0) is 12.5. The molecule has 1 aromatic carbocycles. The third-order valence-electron chi connectivity index (χ3n) is 3.05. The molecule has 0 bridgehead atoms. The lowest BCUT2D eigenvalue weighted by Crippen LogP contribution is -1.98. The summed E-state index contributed by atoms with van der Waals surface area (Å²) in [6.45, 7) is 2.08. The van der Waals surface area contributed by atoms with Crippen molar-refractivity contribution in [3.8, 4) is 0 Å². The van der Waals surface area contributed by atoms with Crippen molar-refractivity contribution in [3.05, 3.63) is 29.3 Å². The number of aliphatic hydroxyl groups excluding tert-OH is 1. The summed E-state index contributed by atoms with van der Waals surface area (Å²) in [5.74, 6) is 0. The molecule has 1 saturated carbocycles. The molecule has 5 nitrogen and oxygen atoms in total. The van der Waals surface area contributed by atoms with Crippen LogP contribution in [0.5, 0.6) is 0 Å². The second-order valence-corrected chi connectivity index (χ2v) is 5.53. The number of benzene rings is 1. The van der Waals surface area contributed by atoms with Gasteiger partial charge < -0.3 is 5.11 Å². The third kappa shape index (κ3) is 2.26. The molecule has 2 aromatic rings. The average molecular weight is 262 g/mol. The van der Waals surface area contributed by atoms with Gasteiger partial charge in [-0.25, -0.2) is 4.68 Å². The Morgan fingerprint density at radius 2 is 2.28 bits per heavy atom. The highest BCUT2D eigenvalue weighted by Crippen LogP contribution is 2.38. The summed E-state index contributed by atoms with van der Waals surface area (Å²) in [5.41, 5.74) is 2.05. The van der Waals surface area contributed by atoms with Crippen molar-refractivity contribution < 1.29 is 5.11 Å². The predicted molar refractivity (Wildman–Crippen MR) is 67.3 cm³/mol. The molecule has 1 heterocycles. The molecule has 0 radical (unpaired) electrons. The fraction of sp³-hybridized carbons (Fsp3) is 0.417. The third-order valence-corrected chi connectivity index (χ3v) is 3.99.